The summed E-state index contributed by atoms with van der Waals surface area (Å²) in [6.45, 7) is 2.95. The number of carbonyl (C=O) groups is 1. The molecule has 5 nitrogen and oxygen atoms in total. The molecule has 1 aromatic heterocycles. The van der Waals surface area contributed by atoms with E-state index in [9.17, 15) is 4.79 Å². The predicted molar refractivity (Wildman–Crippen MR) is 70.6 cm³/mol. The van der Waals surface area contributed by atoms with Gasteiger partial charge in [-0.15, -0.1) is 0 Å². The smallest absolute Gasteiger partial charge is 0.223 e. The average molecular weight is 264 g/mol. The fourth-order valence-electron chi connectivity index (χ4n) is 2.31. The zero-order chi connectivity index (χ0) is 13.7. The van der Waals surface area contributed by atoms with E-state index in [4.69, 9.17) is 9.84 Å². The van der Waals surface area contributed by atoms with Crippen LogP contribution in [-0.2, 0) is 16.0 Å². The highest BCUT2D eigenvalue weighted by Gasteiger charge is 2.27. The molecule has 2 unspecified atom stereocenters. The first-order valence-corrected chi connectivity index (χ1v) is 6.62. The molecule has 0 aliphatic carbocycles. The van der Waals surface area contributed by atoms with Gasteiger partial charge in [0.25, 0.3) is 0 Å². The maximum atomic E-state index is 12.1. The third kappa shape index (κ3) is 4.01. The molecule has 1 amide bonds. The lowest BCUT2D eigenvalue weighted by atomic mass is 10.1. The van der Waals surface area contributed by atoms with Gasteiger partial charge >= 0.3 is 0 Å². The van der Waals surface area contributed by atoms with E-state index in [0.717, 1.165) is 5.56 Å². The van der Waals surface area contributed by atoms with Gasteiger partial charge in [-0.25, -0.2) is 0 Å². The number of aromatic nitrogens is 1. The van der Waals surface area contributed by atoms with Crippen LogP contribution in [0.5, 0.6) is 0 Å². The van der Waals surface area contributed by atoms with Gasteiger partial charge in [0, 0.05) is 31.9 Å². The standard InChI is InChI=1S/C14H20N2O3/c1-11-8-16(9-13(10-17)19-11)14(18)5-4-12-3-2-6-15-7-12/h2-3,6-7,11,13,17H,4-5,8-10H2,1H3. The number of hydrogen-bond donors (Lipinski definition) is 1. The second-order valence-electron chi connectivity index (χ2n) is 4.91. The number of nitrogens with zero attached hydrogens (tertiary/aromatic N) is 2. The Hall–Kier alpha value is -1.46. The van der Waals surface area contributed by atoms with Crippen LogP contribution in [-0.4, -0.2) is 52.8 Å². The Labute approximate surface area is 113 Å². The first kappa shape index (κ1) is 14.0. The minimum Gasteiger partial charge on any atom is -0.394 e. The number of carbonyl (C=O) groups excluding carboxylic acids is 1. The molecule has 19 heavy (non-hydrogen) atoms. The lowest BCUT2D eigenvalue weighted by molar-refractivity contribution is -0.147. The molecule has 2 heterocycles. The third-order valence-electron chi connectivity index (χ3n) is 3.23. The highest BCUT2D eigenvalue weighted by molar-refractivity contribution is 5.76. The van der Waals surface area contributed by atoms with Crippen molar-refractivity contribution in [3.05, 3.63) is 30.1 Å². The summed E-state index contributed by atoms with van der Waals surface area (Å²) in [5.74, 6) is 0.109. The maximum Gasteiger partial charge on any atom is 0.223 e. The van der Waals surface area contributed by atoms with Crippen LogP contribution in [0.1, 0.15) is 18.9 Å². The normalized spacial score (nSPS) is 23.4. The number of pyridine rings is 1. The minimum atomic E-state index is -0.258. The number of hydrogen-bond acceptors (Lipinski definition) is 4. The molecule has 0 aromatic carbocycles. The highest BCUT2D eigenvalue weighted by atomic mass is 16.5. The summed E-state index contributed by atoms with van der Waals surface area (Å²) in [6.07, 6.45) is 4.39. The van der Waals surface area contributed by atoms with Crippen LogP contribution < -0.4 is 0 Å². The second kappa shape index (κ2) is 6.63. The lowest BCUT2D eigenvalue weighted by Crippen LogP contribution is -2.50. The number of aliphatic hydroxyl groups excluding tert-OH is 1. The molecule has 1 aliphatic rings. The summed E-state index contributed by atoms with van der Waals surface area (Å²) in [7, 11) is 0. The van der Waals surface area contributed by atoms with Crippen molar-refractivity contribution in [1.29, 1.82) is 0 Å². The van der Waals surface area contributed by atoms with Crippen molar-refractivity contribution in [3.8, 4) is 0 Å². The number of amides is 1. The van der Waals surface area contributed by atoms with E-state index in [1.807, 2.05) is 19.1 Å². The van der Waals surface area contributed by atoms with E-state index < -0.39 is 0 Å². The molecule has 0 saturated carbocycles. The molecule has 1 aliphatic heterocycles. The van der Waals surface area contributed by atoms with Gasteiger partial charge in [0.1, 0.15) is 0 Å². The van der Waals surface area contributed by atoms with Crippen molar-refractivity contribution >= 4 is 5.91 Å². The quantitative estimate of drug-likeness (QED) is 0.866. The maximum absolute atomic E-state index is 12.1. The number of aliphatic hydroxyl groups is 1. The van der Waals surface area contributed by atoms with Crippen LogP contribution in [0.4, 0.5) is 0 Å². The van der Waals surface area contributed by atoms with Crippen molar-refractivity contribution in [2.75, 3.05) is 19.7 Å². The lowest BCUT2D eigenvalue weighted by Gasteiger charge is -2.36. The predicted octanol–water partition coefficient (Wildman–Crippen LogP) is 0.622. The molecule has 1 aromatic rings. The number of rotatable bonds is 4. The fraction of sp³-hybridized carbons (Fsp3) is 0.571. The Bertz CT molecular complexity index is 410. The van der Waals surface area contributed by atoms with E-state index in [0.29, 0.717) is 25.9 Å². The topological polar surface area (TPSA) is 62.7 Å². The Morgan fingerprint density at radius 3 is 3.11 bits per heavy atom. The molecule has 5 heteroatoms. The summed E-state index contributed by atoms with van der Waals surface area (Å²) in [5.41, 5.74) is 1.07. The number of aryl methyl sites for hydroxylation is 1. The Balaban J connectivity index is 1.85. The number of morpholine rings is 1. The van der Waals surface area contributed by atoms with Gasteiger partial charge in [0.05, 0.1) is 18.8 Å². The van der Waals surface area contributed by atoms with E-state index in [-0.39, 0.29) is 24.7 Å². The molecule has 2 rings (SSSR count). The van der Waals surface area contributed by atoms with E-state index in [1.54, 1.807) is 17.3 Å². The van der Waals surface area contributed by atoms with Crippen LogP contribution >= 0.6 is 0 Å². The van der Waals surface area contributed by atoms with Gasteiger partial charge in [-0.2, -0.15) is 0 Å². The van der Waals surface area contributed by atoms with Crippen LogP contribution in [0, 0.1) is 0 Å². The van der Waals surface area contributed by atoms with Gasteiger partial charge < -0.3 is 14.7 Å². The van der Waals surface area contributed by atoms with E-state index in [1.165, 1.54) is 0 Å². The van der Waals surface area contributed by atoms with Crippen LogP contribution in [0.15, 0.2) is 24.5 Å². The molecular weight excluding hydrogens is 244 g/mol. The van der Waals surface area contributed by atoms with Crippen molar-refractivity contribution in [2.45, 2.75) is 32.0 Å². The highest BCUT2D eigenvalue weighted by Crippen LogP contribution is 2.13. The van der Waals surface area contributed by atoms with Crippen molar-refractivity contribution in [1.82, 2.24) is 9.88 Å². The second-order valence-corrected chi connectivity index (χ2v) is 4.91. The van der Waals surface area contributed by atoms with Gasteiger partial charge in [-0.05, 0) is 25.0 Å². The Kier molecular flexibility index (Phi) is 4.87. The summed E-state index contributed by atoms with van der Waals surface area (Å²) >= 11 is 0. The largest absolute Gasteiger partial charge is 0.394 e. The molecule has 0 bridgehead atoms. The monoisotopic (exact) mass is 264 g/mol. The molecule has 1 fully saturated rings. The Morgan fingerprint density at radius 2 is 2.42 bits per heavy atom. The molecule has 0 radical (unpaired) electrons. The molecule has 2 atom stereocenters. The zero-order valence-electron chi connectivity index (χ0n) is 11.2. The van der Waals surface area contributed by atoms with Crippen LogP contribution in [0.2, 0.25) is 0 Å². The van der Waals surface area contributed by atoms with Crippen molar-refractivity contribution < 1.29 is 14.6 Å². The SMILES string of the molecule is CC1CN(C(=O)CCc2cccnc2)CC(CO)O1. The minimum absolute atomic E-state index is 0.0201. The van der Waals surface area contributed by atoms with Crippen LogP contribution in [0.25, 0.3) is 0 Å². The summed E-state index contributed by atoms with van der Waals surface area (Å²) in [5, 5.41) is 9.15. The van der Waals surface area contributed by atoms with E-state index >= 15 is 0 Å². The van der Waals surface area contributed by atoms with Crippen molar-refractivity contribution in [2.24, 2.45) is 0 Å². The van der Waals surface area contributed by atoms with Gasteiger partial charge in [-0.3, -0.25) is 9.78 Å². The molecule has 0 spiro atoms. The van der Waals surface area contributed by atoms with E-state index in [2.05, 4.69) is 4.98 Å². The Morgan fingerprint density at radius 1 is 1.58 bits per heavy atom. The zero-order valence-corrected chi connectivity index (χ0v) is 11.2. The average Bonchev–Trinajstić information content (AvgIpc) is 2.45. The fourth-order valence-corrected chi connectivity index (χ4v) is 2.31. The summed E-state index contributed by atoms with van der Waals surface area (Å²) in [6, 6.07) is 3.84. The first-order valence-electron chi connectivity index (χ1n) is 6.62. The van der Waals surface area contributed by atoms with Gasteiger partial charge in [0.15, 0.2) is 0 Å². The van der Waals surface area contributed by atoms with Gasteiger partial charge in [-0.1, -0.05) is 6.07 Å². The molecule has 1 saturated heterocycles. The molecule has 1 N–H and O–H groups in total. The first-order chi connectivity index (χ1) is 9.19. The third-order valence-corrected chi connectivity index (χ3v) is 3.23. The van der Waals surface area contributed by atoms with Gasteiger partial charge in [0.2, 0.25) is 5.91 Å². The molecular formula is C14H20N2O3. The summed E-state index contributed by atoms with van der Waals surface area (Å²) < 4.78 is 5.52. The van der Waals surface area contributed by atoms with Crippen LogP contribution in [0.3, 0.4) is 0 Å². The molecule has 104 valence electrons. The summed E-state index contributed by atoms with van der Waals surface area (Å²) in [4.78, 5) is 18.0. The number of ether oxygens (including phenoxy) is 1. The van der Waals surface area contributed by atoms with Crippen molar-refractivity contribution in [3.63, 3.8) is 0 Å².